The van der Waals surface area contributed by atoms with Crippen molar-refractivity contribution < 1.29 is 24.9 Å². The average Bonchev–Trinajstić information content (AvgIpc) is 1.83. The van der Waals surface area contributed by atoms with Gasteiger partial charge in [0.25, 0.3) is 0 Å². The third-order valence-electron chi connectivity index (χ3n) is 0.667. The first-order chi connectivity index (χ1) is 5.77. The average molecular weight is 191 g/mol. The number of aliphatic hydroxyl groups is 1. The highest BCUT2D eigenvalue weighted by atomic mass is 16.4. The molecule has 0 bridgehead atoms. The molecule has 0 aliphatic carbocycles. The maximum Gasteiger partial charge on any atom is 0.331 e. The van der Waals surface area contributed by atoms with E-state index in [0.717, 1.165) is 0 Å². The SMILES string of the molecule is C=C(CC(=O)O)C(=O)O.CC(N)O. The van der Waals surface area contributed by atoms with Gasteiger partial charge >= 0.3 is 11.9 Å². The van der Waals surface area contributed by atoms with Crippen LogP contribution in [0.25, 0.3) is 0 Å². The molecule has 1 atom stereocenters. The minimum Gasteiger partial charge on any atom is -0.481 e. The van der Waals surface area contributed by atoms with Gasteiger partial charge in [0, 0.05) is 5.57 Å². The summed E-state index contributed by atoms with van der Waals surface area (Å²) in [5.74, 6) is -2.44. The smallest absolute Gasteiger partial charge is 0.331 e. The number of aliphatic carboxylic acids is 2. The highest BCUT2D eigenvalue weighted by Crippen LogP contribution is 1.95. The third kappa shape index (κ3) is 18.0. The van der Waals surface area contributed by atoms with Gasteiger partial charge in [-0.2, -0.15) is 0 Å². The maximum atomic E-state index is 9.87. The van der Waals surface area contributed by atoms with E-state index in [4.69, 9.17) is 15.3 Å². The van der Waals surface area contributed by atoms with Crippen LogP contribution in [0.15, 0.2) is 12.2 Å². The Hall–Kier alpha value is -1.40. The molecule has 0 aromatic heterocycles. The van der Waals surface area contributed by atoms with E-state index in [1.807, 2.05) is 0 Å². The molecule has 0 fully saturated rings. The third-order valence-corrected chi connectivity index (χ3v) is 0.667. The number of carboxylic acid groups (broad SMARTS) is 2. The molecule has 1 unspecified atom stereocenters. The zero-order valence-corrected chi connectivity index (χ0v) is 7.23. The minimum atomic E-state index is -1.27. The lowest BCUT2D eigenvalue weighted by atomic mass is 10.2. The van der Waals surface area contributed by atoms with Crippen LogP contribution in [0.5, 0.6) is 0 Å². The molecule has 0 radical (unpaired) electrons. The van der Waals surface area contributed by atoms with Crippen molar-refractivity contribution in [3.05, 3.63) is 12.2 Å². The molecule has 0 heterocycles. The molecule has 0 spiro atoms. The molecule has 0 saturated carbocycles. The van der Waals surface area contributed by atoms with E-state index in [0.29, 0.717) is 0 Å². The summed E-state index contributed by atoms with van der Waals surface area (Å²) in [4.78, 5) is 19.7. The molecule has 6 nitrogen and oxygen atoms in total. The monoisotopic (exact) mass is 191 g/mol. The summed E-state index contributed by atoms with van der Waals surface area (Å²) in [5.41, 5.74) is 4.36. The van der Waals surface area contributed by atoms with Gasteiger partial charge in [0.1, 0.15) is 0 Å². The number of hydrogen-bond donors (Lipinski definition) is 4. The van der Waals surface area contributed by atoms with Crippen molar-refractivity contribution in [2.24, 2.45) is 5.73 Å². The standard InChI is InChI=1S/C5H6O4.C2H7NO/c1-3(5(8)9)2-4(6)7;1-2(3)4/h1-2H2,(H,6,7)(H,8,9);2,4H,3H2,1H3. The molecule has 5 N–H and O–H groups in total. The maximum absolute atomic E-state index is 9.87. The van der Waals surface area contributed by atoms with Crippen LogP contribution in [-0.4, -0.2) is 33.5 Å². The highest BCUT2D eigenvalue weighted by molar-refractivity contribution is 5.91. The lowest BCUT2D eigenvalue weighted by Crippen LogP contribution is -2.11. The van der Waals surface area contributed by atoms with Gasteiger partial charge in [0.2, 0.25) is 0 Å². The molecule has 0 aliphatic rings. The molecule has 6 heteroatoms. The van der Waals surface area contributed by atoms with E-state index in [2.05, 4.69) is 12.3 Å². The predicted molar refractivity (Wildman–Crippen MR) is 44.9 cm³/mol. The van der Waals surface area contributed by atoms with Gasteiger partial charge in [-0.25, -0.2) is 4.79 Å². The summed E-state index contributed by atoms with van der Waals surface area (Å²) in [6.07, 6.45) is -1.17. The summed E-state index contributed by atoms with van der Waals surface area (Å²) in [7, 11) is 0. The molecule has 13 heavy (non-hydrogen) atoms. The van der Waals surface area contributed by atoms with E-state index >= 15 is 0 Å². The Labute approximate surface area is 75.3 Å². The normalized spacial score (nSPS) is 10.7. The van der Waals surface area contributed by atoms with Crippen molar-refractivity contribution in [3.8, 4) is 0 Å². The number of carbonyl (C=O) groups is 2. The minimum absolute atomic E-state index is 0.303. The molecular weight excluding hydrogens is 178 g/mol. The zero-order chi connectivity index (χ0) is 11.0. The van der Waals surface area contributed by atoms with E-state index < -0.39 is 24.6 Å². The number of rotatable bonds is 3. The van der Waals surface area contributed by atoms with Crippen LogP contribution in [0.2, 0.25) is 0 Å². The van der Waals surface area contributed by atoms with Crippen molar-refractivity contribution >= 4 is 11.9 Å². The van der Waals surface area contributed by atoms with Crippen molar-refractivity contribution in [1.29, 1.82) is 0 Å². The number of carboxylic acids is 2. The molecule has 76 valence electrons. The lowest BCUT2D eigenvalue weighted by molar-refractivity contribution is -0.139. The molecule has 0 aliphatic heterocycles. The summed E-state index contributed by atoms with van der Waals surface area (Å²) in [6, 6.07) is 0. The molecule has 0 amide bonds. The van der Waals surface area contributed by atoms with Crippen LogP contribution in [-0.2, 0) is 9.59 Å². The molecule has 0 rings (SSSR count). The highest BCUT2D eigenvalue weighted by Gasteiger charge is 2.07. The van der Waals surface area contributed by atoms with Gasteiger partial charge in [-0.1, -0.05) is 6.58 Å². The Morgan fingerprint density at radius 2 is 1.77 bits per heavy atom. The quantitative estimate of drug-likeness (QED) is 0.348. The Balaban J connectivity index is 0. The van der Waals surface area contributed by atoms with Gasteiger partial charge in [0.15, 0.2) is 0 Å². The van der Waals surface area contributed by atoms with Crippen molar-refractivity contribution in [1.82, 2.24) is 0 Å². The molecule has 0 saturated heterocycles. The molecular formula is C7H13NO5. The zero-order valence-electron chi connectivity index (χ0n) is 7.23. The van der Waals surface area contributed by atoms with Gasteiger partial charge < -0.3 is 21.1 Å². The fourth-order valence-corrected chi connectivity index (χ4v) is 0.258. The Morgan fingerprint density at radius 3 is 1.85 bits per heavy atom. The van der Waals surface area contributed by atoms with Crippen molar-refractivity contribution in [2.75, 3.05) is 0 Å². The van der Waals surface area contributed by atoms with Gasteiger partial charge in [-0.15, -0.1) is 0 Å². The topological polar surface area (TPSA) is 121 Å². The van der Waals surface area contributed by atoms with Crippen LogP contribution in [0.3, 0.4) is 0 Å². The summed E-state index contributed by atoms with van der Waals surface area (Å²) in [6.45, 7) is 4.51. The summed E-state index contributed by atoms with van der Waals surface area (Å²) >= 11 is 0. The summed E-state index contributed by atoms with van der Waals surface area (Å²) in [5, 5.41) is 23.9. The number of nitrogens with two attached hydrogens (primary N) is 1. The van der Waals surface area contributed by atoms with Crippen LogP contribution in [0.1, 0.15) is 13.3 Å². The van der Waals surface area contributed by atoms with Crippen molar-refractivity contribution in [3.63, 3.8) is 0 Å². The van der Waals surface area contributed by atoms with Gasteiger partial charge in [-0.05, 0) is 6.92 Å². The van der Waals surface area contributed by atoms with Gasteiger partial charge in [-0.3, -0.25) is 4.79 Å². The van der Waals surface area contributed by atoms with Crippen LogP contribution in [0.4, 0.5) is 0 Å². The predicted octanol–water partition coefficient (Wildman–Crippen LogP) is -0.615. The first-order valence-electron chi connectivity index (χ1n) is 3.34. The second-order valence-electron chi connectivity index (χ2n) is 2.22. The van der Waals surface area contributed by atoms with E-state index in [1.165, 1.54) is 6.92 Å². The Morgan fingerprint density at radius 1 is 1.46 bits per heavy atom. The second-order valence-corrected chi connectivity index (χ2v) is 2.22. The number of aliphatic hydroxyl groups excluding tert-OH is 1. The van der Waals surface area contributed by atoms with E-state index in [1.54, 1.807) is 0 Å². The van der Waals surface area contributed by atoms with Crippen LogP contribution in [0, 0.1) is 0 Å². The lowest BCUT2D eigenvalue weighted by Gasteiger charge is -1.91. The molecule has 0 aromatic rings. The Kier molecular flexibility index (Phi) is 7.90. The van der Waals surface area contributed by atoms with E-state index in [9.17, 15) is 9.59 Å². The largest absolute Gasteiger partial charge is 0.481 e. The van der Waals surface area contributed by atoms with Crippen LogP contribution < -0.4 is 5.73 Å². The fraction of sp³-hybridized carbons (Fsp3) is 0.429. The second kappa shape index (κ2) is 7.26. The van der Waals surface area contributed by atoms with Gasteiger partial charge in [0.05, 0.1) is 12.6 Å². The molecule has 0 aromatic carbocycles. The van der Waals surface area contributed by atoms with Crippen LogP contribution >= 0.6 is 0 Å². The van der Waals surface area contributed by atoms with Crippen molar-refractivity contribution in [2.45, 2.75) is 19.6 Å². The summed E-state index contributed by atoms with van der Waals surface area (Å²) < 4.78 is 0. The Bertz CT molecular complexity index is 196. The fourth-order valence-electron chi connectivity index (χ4n) is 0.258. The number of hydrogen-bond acceptors (Lipinski definition) is 4. The first-order valence-corrected chi connectivity index (χ1v) is 3.34. The first kappa shape index (κ1) is 14.1. The van der Waals surface area contributed by atoms with E-state index in [-0.39, 0.29) is 5.57 Å².